The second-order valence-electron chi connectivity index (χ2n) is 4.06. The van der Waals surface area contributed by atoms with Crippen LogP contribution in [0, 0.1) is 6.92 Å². The standard InChI is InChI=1S/C13H19ClN2O2.ClH/c1-9-7-11(12(18-3)8-10(9)14)16-13(17)5-4-6-15-2;/h7-8,15H,4-6H2,1-3H3,(H,16,17);1H. The van der Waals surface area contributed by atoms with E-state index in [2.05, 4.69) is 10.6 Å². The van der Waals surface area contributed by atoms with E-state index in [-0.39, 0.29) is 18.3 Å². The molecule has 6 heteroatoms. The lowest BCUT2D eigenvalue weighted by Gasteiger charge is -2.12. The predicted octanol–water partition coefficient (Wildman–Crippen LogP) is 3.02. The molecule has 0 unspecified atom stereocenters. The summed E-state index contributed by atoms with van der Waals surface area (Å²) in [6, 6.07) is 3.53. The van der Waals surface area contributed by atoms with Crippen LogP contribution in [0.1, 0.15) is 18.4 Å². The zero-order valence-corrected chi connectivity index (χ0v) is 13.0. The lowest BCUT2D eigenvalue weighted by atomic mass is 10.2. The van der Waals surface area contributed by atoms with E-state index in [4.69, 9.17) is 16.3 Å². The van der Waals surface area contributed by atoms with Crippen molar-refractivity contribution in [3.05, 3.63) is 22.7 Å². The number of halogens is 2. The summed E-state index contributed by atoms with van der Waals surface area (Å²) in [4.78, 5) is 11.7. The van der Waals surface area contributed by atoms with Gasteiger partial charge in [-0.1, -0.05) is 11.6 Å². The van der Waals surface area contributed by atoms with E-state index in [1.807, 2.05) is 20.0 Å². The van der Waals surface area contributed by atoms with Gasteiger partial charge >= 0.3 is 0 Å². The molecule has 0 radical (unpaired) electrons. The van der Waals surface area contributed by atoms with E-state index in [0.29, 0.717) is 22.9 Å². The average Bonchev–Trinajstić information content (AvgIpc) is 2.34. The van der Waals surface area contributed by atoms with Crippen LogP contribution in [0.25, 0.3) is 0 Å². The Morgan fingerprint density at radius 1 is 1.42 bits per heavy atom. The Hall–Kier alpha value is -0.970. The van der Waals surface area contributed by atoms with Gasteiger partial charge in [-0.3, -0.25) is 4.79 Å². The van der Waals surface area contributed by atoms with Gasteiger partial charge < -0.3 is 15.4 Å². The van der Waals surface area contributed by atoms with Crippen molar-refractivity contribution < 1.29 is 9.53 Å². The molecule has 108 valence electrons. The summed E-state index contributed by atoms with van der Waals surface area (Å²) >= 11 is 6.00. The van der Waals surface area contributed by atoms with Crippen molar-refractivity contribution in [1.82, 2.24) is 5.32 Å². The minimum absolute atomic E-state index is 0. The van der Waals surface area contributed by atoms with Crippen LogP contribution in [0.15, 0.2) is 12.1 Å². The molecule has 19 heavy (non-hydrogen) atoms. The Bertz CT molecular complexity index is 425. The number of carbonyl (C=O) groups is 1. The molecule has 0 bridgehead atoms. The third kappa shape index (κ3) is 5.68. The fourth-order valence-corrected chi connectivity index (χ4v) is 1.72. The molecule has 0 heterocycles. The number of methoxy groups -OCH3 is 1. The number of benzene rings is 1. The first-order chi connectivity index (χ1) is 8.58. The molecule has 0 aromatic heterocycles. The SMILES string of the molecule is CNCCCC(=O)Nc1cc(C)c(Cl)cc1OC.Cl. The zero-order chi connectivity index (χ0) is 13.5. The first kappa shape index (κ1) is 18.0. The zero-order valence-electron chi connectivity index (χ0n) is 11.4. The molecule has 0 fully saturated rings. The third-order valence-electron chi connectivity index (χ3n) is 2.59. The number of hydrogen-bond acceptors (Lipinski definition) is 3. The lowest BCUT2D eigenvalue weighted by molar-refractivity contribution is -0.116. The maximum absolute atomic E-state index is 11.7. The summed E-state index contributed by atoms with van der Waals surface area (Å²) in [5.74, 6) is 0.554. The van der Waals surface area contributed by atoms with Crippen LogP contribution in [0.3, 0.4) is 0 Å². The molecule has 0 spiro atoms. The molecule has 1 aromatic rings. The van der Waals surface area contributed by atoms with Crippen LogP contribution >= 0.6 is 24.0 Å². The number of amides is 1. The van der Waals surface area contributed by atoms with E-state index in [1.165, 1.54) is 0 Å². The molecular weight excluding hydrogens is 287 g/mol. The van der Waals surface area contributed by atoms with Gasteiger partial charge in [-0.05, 0) is 38.6 Å². The maximum Gasteiger partial charge on any atom is 0.224 e. The van der Waals surface area contributed by atoms with E-state index in [1.54, 1.807) is 13.2 Å². The quantitative estimate of drug-likeness (QED) is 0.794. The Morgan fingerprint density at radius 3 is 2.68 bits per heavy atom. The molecule has 0 saturated carbocycles. The summed E-state index contributed by atoms with van der Waals surface area (Å²) in [7, 11) is 3.42. The Morgan fingerprint density at radius 2 is 2.11 bits per heavy atom. The van der Waals surface area contributed by atoms with Gasteiger partial charge in [0.05, 0.1) is 12.8 Å². The molecule has 1 aromatic carbocycles. The topological polar surface area (TPSA) is 50.4 Å². The number of rotatable bonds is 6. The van der Waals surface area contributed by atoms with Gasteiger partial charge in [-0.15, -0.1) is 12.4 Å². The summed E-state index contributed by atoms with van der Waals surface area (Å²) < 4.78 is 5.20. The molecule has 1 rings (SSSR count). The second-order valence-corrected chi connectivity index (χ2v) is 4.46. The summed E-state index contributed by atoms with van der Waals surface area (Å²) in [6.07, 6.45) is 1.28. The van der Waals surface area contributed by atoms with Gasteiger partial charge in [0.15, 0.2) is 0 Å². The lowest BCUT2D eigenvalue weighted by Crippen LogP contribution is -2.15. The van der Waals surface area contributed by atoms with E-state index in [9.17, 15) is 4.79 Å². The van der Waals surface area contributed by atoms with Crippen LogP contribution in [0.2, 0.25) is 5.02 Å². The van der Waals surface area contributed by atoms with Crippen molar-refractivity contribution in [2.75, 3.05) is 26.0 Å². The fourth-order valence-electron chi connectivity index (χ4n) is 1.57. The molecule has 2 N–H and O–H groups in total. The predicted molar refractivity (Wildman–Crippen MR) is 81.8 cm³/mol. The highest BCUT2D eigenvalue weighted by Crippen LogP contribution is 2.30. The minimum atomic E-state index is -0.0229. The van der Waals surface area contributed by atoms with Gasteiger partial charge in [-0.2, -0.15) is 0 Å². The molecule has 4 nitrogen and oxygen atoms in total. The highest BCUT2D eigenvalue weighted by atomic mass is 35.5. The van der Waals surface area contributed by atoms with E-state index in [0.717, 1.165) is 18.5 Å². The highest BCUT2D eigenvalue weighted by molar-refractivity contribution is 6.31. The monoisotopic (exact) mass is 306 g/mol. The molecule has 0 saturated heterocycles. The van der Waals surface area contributed by atoms with E-state index < -0.39 is 0 Å². The van der Waals surface area contributed by atoms with Crippen molar-refractivity contribution in [1.29, 1.82) is 0 Å². The largest absolute Gasteiger partial charge is 0.495 e. The average molecular weight is 307 g/mol. The number of nitrogens with one attached hydrogen (secondary N) is 2. The molecular formula is C13H20Cl2N2O2. The van der Waals surface area contributed by atoms with Crippen LogP contribution < -0.4 is 15.4 Å². The number of aryl methyl sites for hydroxylation is 1. The van der Waals surface area contributed by atoms with Crippen molar-refractivity contribution in [2.45, 2.75) is 19.8 Å². The van der Waals surface area contributed by atoms with Gasteiger partial charge in [0.1, 0.15) is 5.75 Å². The first-order valence-electron chi connectivity index (χ1n) is 5.87. The van der Waals surface area contributed by atoms with Gasteiger partial charge in [-0.25, -0.2) is 0 Å². The highest BCUT2D eigenvalue weighted by Gasteiger charge is 2.09. The van der Waals surface area contributed by atoms with Crippen molar-refractivity contribution in [2.24, 2.45) is 0 Å². The summed E-state index contributed by atoms with van der Waals surface area (Å²) in [6.45, 7) is 2.71. The van der Waals surface area contributed by atoms with Gasteiger partial charge in [0, 0.05) is 17.5 Å². The minimum Gasteiger partial charge on any atom is -0.495 e. The number of carbonyl (C=O) groups excluding carboxylic acids is 1. The Balaban J connectivity index is 0.00000324. The van der Waals surface area contributed by atoms with Crippen molar-refractivity contribution in [3.63, 3.8) is 0 Å². The second kappa shape index (κ2) is 9.02. The van der Waals surface area contributed by atoms with Gasteiger partial charge in [0.2, 0.25) is 5.91 Å². The van der Waals surface area contributed by atoms with Crippen molar-refractivity contribution in [3.8, 4) is 5.75 Å². The molecule has 1 amide bonds. The summed E-state index contributed by atoms with van der Waals surface area (Å²) in [5, 5.41) is 6.47. The molecule has 0 aliphatic heterocycles. The Labute approximate surface area is 125 Å². The van der Waals surface area contributed by atoms with Gasteiger partial charge in [0.25, 0.3) is 0 Å². The molecule has 0 aliphatic carbocycles. The van der Waals surface area contributed by atoms with Crippen LogP contribution in [-0.4, -0.2) is 26.6 Å². The first-order valence-corrected chi connectivity index (χ1v) is 6.25. The van der Waals surface area contributed by atoms with Crippen LogP contribution in [0.5, 0.6) is 5.75 Å². The van der Waals surface area contributed by atoms with Crippen LogP contribution in [-0.2, 0) is 4.79 Å². The molecule has 0 atom stereocenters. The third-order valence-corrected chi connectivity index (χ3v) is 2.99. The van der Waals surface area contributed by atoms with Crippen LogP contribution in [0.4, 0.5) is 5.69 Å². The number of ether oxygens (including phenoxy) is 1. The van der Waals surface area contributed by atoms with Crippen molar-refractivity contribution >= 4 is 35.6 Å². The number of hydrogen-bond donors (Lipinski definition) is 2. The summed E-state index contributed by atoms with van der Waals surface area (Å²) in [5.41, 5.74) is 1.57. The molecule has 0 aliphatic rings. The normalized spacial score (nSPS) is 9.68. The Kier molecular flexibility index (Phi) is 8.56. The van der Waals surface area contributed by atoms with E-state index >= 15 is 0 Å². The maximum atomic E-state index is 11.7. The smallest absolute Gasteiger partial charge is 0.224 e. The fraction of sp³-hybridized carbons (Fsp3) is 0.462. The number of anilines is 1.